The number of phenols is 1. The van der Waals surface area contributed by atoms with Gasteiger partial charge in [-0.1, -0.05) is 26.7 Å². The molecule has 0 unspecified atom stereocenters. The zero-order valence-corrected chi connectivity index (χ0v) is 12.4. The van der Waals surface area contributed by atoms with Crippen molar-refractivity contribution in [1.29, 1.82) is 0 Å². The largest absolute Gasteiger partial charge is 0.508 e. The second-order valence-electron chi connectivity index (χ2n) is 4.86. The van der Waals surface area contributed by atoms with Gasteiger partial charge in [-0.3, -0.25) is 9.69 Å². The van der Waals surface area contributed by atoms with Crippen LogP contribution in [-0.4, -0.2) is 35.3 Å². The number of benzene rings is 1. The van der Waals surface area contributed by atoms with E-state index in [0.29, 0.717) is 18.2 Å². The highest BCUT2D eigenvalue weighted by molar-refractivity contribution is 5.96. The van der Waals surface area contributed by atoms with E-state index in [2.05, 4.69) is 19.2 Å². The second-order valence-corrected chi connectivity index (χ2v) is 4.86. The summed E-state index contributed by atoms with van der Waals surface area (Å²) in [5.41, 5.74) is 0.428. The average Bonchev–Trinajstić information content (AvgIpc) is 2.46. The number of nitrogens with one attached hydrogen (secondary N) is 1. The maximum Gasteiger partial charge on any atom is 0.323 e. The third-order valence-electron chi connectivity index (χ3n) is 3.40. The van der Waals surface area contributed by atoms with E-state index in [0.717, 1.165) is 17.7 Å². The summed E-state index contributed by atoms with van der Waals surface area (Å²) < 4.78 is 0. The molecule has 0 aliphatic rings. The van der Waals surface area contributed by atoms with Crippen molar-refractivity contribution < 1.29 is 19.8 Å². The molecule has 0 aliphatic carbocycles. The SMILES string of the molecule is CCC(CC)CNC(=O)N(CC(=O)O)c1ccc(O)cc1. The Hall–Kier alpha value is -2.24. The number of carboxylic acids is 1. The maximum atomic E-state index is 12.2. The first-order valence-corrected chi connectivity index (χ1v) is 7.04. The van der Waals surface area contributed by atoms with E-state index in [4.69, 9.17) is 5.11 Å². The summed E-state index contributed by atoms with van der Waals surface area (Å²) >= 11 is 0. The van der Waals surface area contributed by atoms with Crippen LogP contribution in [0.5, 0.6) is 5.75 Å². The van der Waals surface area contributed by atoms with Crippen LogP contribution >= 0.6 is 0 Å². The quantitative estimate of drug-likeness (QED) is 0.720. The minimum Gasteiger partial charge on any atom is -0.508 e. The molecule has 0 spiro atoms. The molecule has 0 bridgehead atoms. The van der Waals surface area contributed by atoms with Gasteiger partial charge in [0, 0.05) is 12.2 Å². The maximum absolute atomic E-state index is 12.2. The molecule has 1 aromatic carbocycles. The summed E-state index contributed by atoms with van der Waals surface area (Å²) in [4.78, 5) is 24.3. The first-order chi connectivity index (χ1) is 9.97. The van der Waals surface area contributed by atoms with Gasteiger partial charge in [0.05, 0.1) is 0 Å². The highest BCUT2D eigenvalue weighted by atomic mass is 16.4. The Labute approximate surface area is 124 Å². The third kappa shape index (κ3) is 5.33. The lowest BCUT2D eigenvalue weighted by molar-refractivity contribution is -0.135. The standard InChI is InChI=1S/C15H22N2O4/c1-3-11(4-2)9-16-15(21)17(10-14(19)20)12-5-7-13(18)8-6-12/h5-8,11,18H,3-4,9-10H2,1-2H3,(H,16,21)(H,19,20). The lowest BCUT2D eigenvalue weighted by atomic mass is 10.0. The fraction of sp³-hybridized carbons (Fsp3) is 0.467. The van der Waals surface area contributed by atoms with Gasteiger partial charge in [-0.15, -0.1) is 0 Å². The van der Waals surface area contributed by atoms with Crippen molar-refractivity contribution in [3.63, 3.8) is 0 Å². The molecule has 0 aromatic heterocycles. The summed E-state index contributed by atoms with van der Waals surface area (Å²) in [5.74, 6) is -0.660. The predicted octanol–water partition coefficient (Wildman–Crippen LogP) is 2.43. The molecule has 0 atom stereocenters. The van der Waals surface area contributed by atoms with E-state index in [9.17, 15) is 14.7 Å². The van der Waals surface area contributed by atoms with Gasteiger partial charge < -0.3 is 15.5 Å². The zero-order valence-electron chi connectivity index (χ0n) is 12.4. The molecule has 6 heteroatoms. The van der Waals surface area contributed by atoms with Gasteiger partial charge >= 0.3 is 12.0 Å². The average molecular weight is 294 g/mol. The molecule has 21 heavy (non-hydrogen) atoms. The second kappa shape index (κ2) is 8.14. The Bertz CT molecular complexity index is 469. The Morgan fingerprint density at radius 3 is 2.24 bits per heavy atom. The number of phenolic OH excluding ortho intramolecular Hbond substituents is 1. The molecular formula is C15H22N2O4. The van der Waals surface area contributed by atoms with Gasteiger partial charge in [0.2, 0.25) is 0 Å². The van der Waals surface area contributed by atoms with E-state index in [-0.39, 0.29) is 5.75 Å². The predicted molar refractivity (Wildman–Crippen MR) is 80.6 cm³/mol. The lowest BCUT2D eigenvalue weighted by Crippen LogP contribution is -2.44. The molecule has 0 radical (unpaired) electrons. The van der Waals surface area contributed by atoms with Gasteiger partial charge in [0.15, 0.2) is 0 Å². The highest BCUT2D eigenvalue weighted by Crippen LogP contribution is 2.18. The molecule has 1 aromatic rings. The number of hydrogen-bond acceptors (Lipinski definition) is 3. The van der Waals surface area contributed by atoms with E-state index >= 15 is 0 Å². The van der Waals surface area contributed by atoms with E-state index in [1.165, 1.54) is 24.3 Å². The van der Waals surface area contributed by atoms with E-state index in [1.54, 1.807) is 0 Å². The summed E-state index contributed by atoms with van der Waals surface area (Å²) in [7, 11) is 0. The third-order valence-corrected chi connectivity index (χ3v) is 3.40. The van der Waals surface area contributed by atoms with Crippen molar-refractivity contribution in [2.75, 3.05) is 18.0 Å². The van der Waals surface area contributed by atoms with Crippen LogP contribution in [0.3, 0.4) is 0 Å². The molecule has 0 saturated heterocycles. The van der Waals surface area contributed by atoms with Gasteiger partial charge in [-0.05, 0) is 30.2 Å². The number of nitrogens with zero attached hydrogens (tertiary/aromatic N) is 1. The molecule has 2 amide bonds. The molecule has 116 valence electrons. The molecule has 0 heterocycles. The molecule has 1 rings (SSSR count). The minimum atomic E-state index is -1.10. The Balaban J connectivity index is 2.79. The van der Waals surface area contributed by atoms with Crippen molar-refractivity contribution in [1.82, 2.24) is 5.32 Å². The first kappa shape index (κ1) is 16.8. The van der Waals surface area contributed by atoms with E-state index < -0.39 is 18.5 Å². The number of anilines is 1. The van der Waals surface area contributed by atoms with E-state index in [1.807, 2.05) is 0 Å². The van der Waals surface area contributed by atoms with Crippen molar-refractivity contribution in [3.05, 3.63) is 24.3 Å². The smallest absolute Gasteiger partial charge is 0.323 e. The van der Waals surface area contributed by atoms with Crippen LogP contribution in [0.2, 0.25) is 0 Å². The minimum absolute atomic E-state index is 0.0615. The van der Waals surface area contributed by atoms with Crippen LogP contribution in [0.1, 0.15) is 26.7 Å². The molecule has 0 saturated carbocycles. The van der Waals surface area contributed by atoms with Gasteiger partial charge in [-0.2, -0.15) is 0 Å². The van der Waals surface area contributed by atoms with Crippen molar-refractivity contribution in [2.24, 2.45) is 5.92 Å². The monoisotopic (exact) mass is 294 g/mol. The summed E-state index contributed by atoms with van der Waals surface area (Å²) in [6.45, 7) is 4.18. The fourth-order valence-electron chi connectivity index (χ4n) is 1.95. The normalized spacial score (nSPS) is 10.4. The van der Waals surface area contributed by atoms with Crippen LogP contribution in [0.4, 0.5) is 10.5 Å². The molecule has 6 nitrogen and oxygen atoms in total. The fourth-order valence-corrected chi connectivity index (χ4v) is 1.95. The number of carbonyl (C=O) groups is 2. The van der Waals surface area contributed by atoms with Crippen LogP contribution < -0.4 is 10.2 Å². The number of hydrogen-bond donors (Lipinski definition) is 3. The molecule has 0 fully saturated rings. The van der Waals surface area contributed by atoms with Crippen LogP contribution in [-0.2, 0) is 4.79 Å². The van der Waals surface area contributed by atoms with Crippen LogP contribution in [0, 0.1) is 5.92 Å². The highest BCUT2D eigenvalue weighted by Gasteiger charge is 2.19. The number of amides is 2. The van der Waals surface area contributed by atoms with Gasteiger partial charge in [0.1, 0.15) is 12.3 Å². The number of urea groups is 1. The molecule has 3 N–H and O–H groups in total. The van der Waals surface area contributed by atoms with Gasteiger partial charge in [0.25, 0.3) is 0 Å². The van der Waals surface area contributed by atoms with Crippen LogP contribution in [0.15, 0.2) is 24.3 Å². The summed E-state index contributed by atoms with van der Waals surface area (Å²) in [6, 6.07) is 5.40. The Morgan fingerprint density at radius 2 is 1.76 bits per heavy atom. The number of aliphatic carboxylic acids is 1. The summed E-state index contributed by atoms with van der Waals surface area (Å²) in [6.07, 6.45) is 1.91. The Kier molecular flexibility index (Phi) is 6.52. The van der Waals surface area contributed by atoms with Crippen molar-refractivity contribution in [3.8, 4) is 5.75 Å². The van der Waals surface area contributed by atoms with Crippen molar-refractivity contribution in [2.45, 2.75) is 26.7 Å². The number of rotatable bonds is 7. The van der Waals surface area contributed by atoms with Crippen LogP contribution in [0.25, 0.3) is 0 Å². The molecule has 0 aliphatic heterocycles. The number of carboxylic acid groups (broad SMARTS) is 1. The number of carbonyl (C=O) groups excluding carboxylic acids is 1. The molecular weight excluding hydrogens is 272 g/mol. The topological polar surface area (TPSA) is 89.9 Å². The lowest BCUT2D eigenvalue weighted by Gasteiger charge is -2.23. The summed E-state index contributed by atoms with van der Waals surface area (Å²) in [5, 5.41) is 21.0. The number of aromatic hydroxyl groups is 1. The van der Waals surface area contributed by atoms with Gasteiger partial charge in [-0.25, -0.2) is 4.79 Å². The first-order valence-electron chi connectivity index (χ1n) is 7.04. The van der Waals surface area contributed by atoms with Crippen molar-refractivity contribution >= 4 is 17.7 Å². The Morgan fingerprint density at radius 1 is 1.19 bits per heavy atom. The zero-order chi connectivity index (χ0) is 15.8.